The molecule has 1 aromatic rings. The van der Waals surface area contributed by atoms with Gasteiger partial charge in [0.2, 0.25) is 0 Å². The van der Waals surface area contributed by atoms with E-state index in [9.17, 15) is 0 Å². The fourth-order valence-corrected chi connectivity index (χ4v) is 1.74. The first-order valence-corrected chi connectivity index (χ1v) is 7.37. The highest BCUT2D eigenvalue weighted by molar-refractivity contribution is 5.22. The number of ether oxygens (including phenoxy) is 4. The van der Waals surface area contributed by atoms with Gasteiger partial charge in [-0.2, -0.15) is 0 Å². The Kier molecular flexibility index (Phi) is 11.0. The van der Waals surface area contributed by atoms with Crippen molar-refractivity contribution < 1.29 is 18.9 Å². The predicted octanol–water partition coefficient (Wildman–Crippen LogP) is 1.38. The second kappa shape index (κ2) is 12.7. The van der Waals surface area contributed by atoms with Gasteiger partial charge in [0.1, 0.15) is 0 Å². The van der Waals surface area contributed by atoms with Crippen LogP contribution in [0, 0.1) is 0 Å². The van der Waals surface area contributed by atoms with Crippen molar-refractivity contribution in [3.63, 3.8) is 0 Å². The lowest BCUT2D eigenvalue weighted by molar-refractivity contribution is 0.000868. The van der Waals surface area contributed by atoms with E-state index in [0.717, 1.165) is 6.42 Å². The van der Waals surface area contributed by atoms with Crippen molar-refractivity contribution in [2.45, 2.75) is 13.0 Å². The number of nitrogens with two attached hydrogens (primary N) is 1. The largest absolute Gasteiger partial charge is 0.382 e. The molecule has 0 atom stereocenters. The molecule has 1 rings (SSSR count). The van der Waals surface area contributed by atoms with E-state index in [1.165, 1.54) is 11.1 Å². The first kappa shape index (κ1) is 18.1. The minimum atomic E-state index is 0.582. The second-order valence-corrected chi connectivity index (χ2v) is 4.63. The molecule has 0 amide bonds. The van der Waals surface area contributed by atoms with E-state index in [4.69, 9.17) is 24.7 Å². The van der Waals surface area contributed by atoms with Gasteiger partial charge in [-0.3, -0.25) is 0 Å². The molecule has 0 bridgehead atoms. The molecule has 0 fully saturated rings. The SMILES string of the molecule is COCCOCCOCCOCc1ccc(CCN)cc1. The summed E-state index contributed by atoms with van der Waals surface area (Å²) in [6.07, 6.45) is 0.918. The van der Waals surface area contributed by atoms with Gasteiger partial charge >= 0.3 is 0 Å². The van der Waals surface area contributed by atoms with Crippen molar-refractivity contribution in [3.05, 3.63) is 35.4 Å². The van der Waals surface area contributed by atoms with E-state index >= 15 is 0 Å². The zero-order valence-electron chi connectivity index (χ0n) is 12.9. The number of benzene rings is 1. The van der Waals surface area contributed by atoms with Gasteiger partial charge < -0.3 is 24.7 Å². The molecule has 0 heterocycles. The van der Waals surface area contributed by atoms with Crippen molar-refractivity contribution in [2.24, 2.45) is 5.73 Å². The Balaban J connectivity index is 1.94. The number of hydrogen-bond donors (Lipinski definition) is 1. The second-order valence-electron chi connectivity index (χ2n) is 4.63. The molecular formula is C16H27NO4. The molecule has 2 N–H and O–H groups in total. The normalized spacial score (nSPS) is 11.0. The topological polar surface area (TPSA) is 62.9 Å². The molecule has 0 aliphatic carbocycles. The van der Waals surface area contributed by atoms with Crippen molar-refractivity contribution in [1.29, 1.82) is 0 Å². The zero-order chi connectivity index (χ0) is 15.2. The van der Waals surface area contributed by atoms with Gasteiger partial charge in [0.05, 0.1) is 46.2 Å². The smallest absolute Gasteiger partial charge is 0.0718 e. The van der Waals surface area contributed by atoms with Crippen LogP contribution in [0.3, 0.4) is 0 Å². The van der Waals surface area contributed by atoms with E-state index in [2.05, 4.69) is 24.3 Å². The average molecular weight is 297 g/mol. The van der Waals surface area contributed by atoms with Crippen molar-refractivity contribution >= 4 is 0 Å². The Bertz CT molecular complexity index is 343. The number of rotatable bonds is 13. The van der Waals surface area contributed by atoms with Gasteiger partial charge in [0.25, 0.3) is 0 Å². The van der Waals surface area contributed by atoms with E-state index in [-0.39, 0.29) is 0 Å². The third-order valence-corrected chi connectivity index (χ3v) is 2.90. The van der Waals surface area contributed by atoms with Gasteiger partial charge in [-0.1, -0.05) is 24.3 Å². The van der Waals surface area contributed by atoms with Gasteiger partial charge in [-0.15, -0.1) is 0 Å². The lowest BCUT2D eigenvalue weighted by Crippen LogP contribution is -2.11. The lowest BCUT2D eigenvalue weighted by Gasteiger charge is -2.07. The molecule has 21 heavy (non-hydrogen) atoms. The Morgan fingerprint density at radius 2 is 1.29 bits per heavy atom. The molecule has 1 aromatic carbocycles. The van der Waals surface area contributed by atoms with Crippen LogP contribution in [0.25, 0.3) is 0 Å². The van der Waals surface area contributed by atoms with Crippen molar-refractivity contribution in [1.82, 2.24) is 0 Å². The Morgan fingerprint density at radius 3 is 1.86 bits per heavy atom. The summed E-state index contributed by atoms with van der Waals surface area (Å²) in [6.45, 7) is 4.86. The number of hydrogen-bond acceptors (Lipinski definition) is 5. The molecule has 0 saturated heterocycles. The molecule has 0 aliphatic heterocycles. The highest BCUT2D eigenvalue weighted by Gasteiger charge is 1.96. The molecule has 5 nitrogen and oxygen atoms in total. The van der Waals surface area contributed by atoms with Gasteiger partial charge in [-0.25, -0.2) is 0 Å². The van der Waals surface area contributed by atoms with Crippen LogP contribution in [0.2, 0.25) is 0 Å². The molecule has 120 valence electrons. The molecule has 0 aromatic heterocycles. The maximum atomic E-state index is 5.55. The summed E-state index contributed by atoms with van der Waals surface area (Å²) in [6, 6.07) is 8.35. The van der Waals surface area contributed by atoms with Crippen LogP contribution < -0.4 is 5.73 Å². The van der Waals surface area contributed by atoms with Crippen LogP contribution in [0.5, 0.6) is 0 Å². The molecule has 5 heteroatoms. The van der Waals surface area contributed by atoms with E-state index in [1.807, 2.05) is 0 Å². The summed E-state index contributed by atoms with van der Waals surface area (Å²) in [5, 5.41) is 0. The van der Waals surface area contributed by atoms with Crippen LogP contribution >= 0.6 is 0 Å². The van der Waals surface area contributed by atoms with Crippen molar-refractivity contribution in [2.75, 3.05) is 53.3 Å². The molecule has 0 radical (unpaired) electrons. The first-order valence-electron chi connectivity index (χ1n) is 7.37. The summed E-state index contributed by atoms with van der Waals surface area (Å²) in [5.41, 5.74) is 7.94. The van der Waals surface area contributed by atoms with Crippen LogP contribution in [-0.4, -0.2) is 53.3 Å². The Morgan fingerprint density at radius 1 is 0.762 bits per heavy atom. The number of methoxy groups -OCH3 is 1. The highest BCUT2D eigenvalue weighted by atomic mass is 16.6. The quantitative estimate of drug-likeness (QED) is 0.557. The van der Waals surface area contributed by atoms with Gasteiger partial charge in [0.15, 0.2) is 0 Å². The molecule has 0 spiro atoms. The monoisotopic (exact) mass is 297 g/mol. The van der Waals surface area contributed by atoms with Crippen LogP contribution in [0.15, 0.2) is 24.3 Å². The highest BCUT2D eigenvalue weighted by Crippen LogP contribution is 2.06. The first-order chi connectivity index (χ1) is 10.4. The van der Waals surface area contributed by atoms with Gasteiger partial charge in [0, 0.05) is 7.11 Å². The molecule has 0 unspecified atom stereocenters. The minimum absolute atomic E-state index is 0.582. The lowest BCUT2D eigenvalue weighted by atomic mass is 10.1. The summed E-state index contributed by atoms with van der Waals surface area (Å²) in [5.74, 6) is 0. The Labute approximate surface area is 127 Å². The third kappa shape index (κ3) is 9.55. The molecule has 0 aliphatic rings. The maximum absolute atomic E-state index is 5.55. The molecule has 0 saturated carbocycles. The summed E-state index contributed by atoms with van der Waals surface area (Å²) >= 11 is 0. The van der Waals surface area contributed by atoms with Crippen LogP contribution in [-0.2, 0) is 32.0 Å². The fraction of sp³-hybridized carbons (Fsp3) is 0.625. The van der Waals surface area contributed by atoms with E-state index in [1.54, 1.807) is 7.11 Å². The van der Waals surface area contributed by atoms with Gasteiger partial charge in [-0.05, 0) is 24.1 Å². The average Bonchev–Trinajstić information content (AvgIpc) is 2.51. The Hall–Kier alpha value is -0.980. The maximum Gasteiger partial charge on any atom is 0.0718 e. The molecular weight excluding hydrogens is 270 g/mol. The van der Waals surface area contributed by atoms with Crippen molar-refractivity contribution in [3.8, 4) is 0 Å². The third-order valence-electron chi connectivity index (χ3n) is 2.90. The predicted molar refractivity (Wildman–Crippen MR) is 82.4 cm³/mol. The van der Waals surface area contributed by atoms with E-state index in [0.29, 0.717) is 52.8 Å². The van der Waals surface area contributed by atoms with E-state index < -0.39 is 0 Å². The summed E-state index contributed by atoms with van der Waals surface area (Å²) in [7, 11) is 1.66. The fourth-order valence-electron chi connectivity index (χ4n) is 1.74. The summed E-state index contributed by atoms with van der Waals surface area (Å²) in [4.78, 5) is 0. The standard InChI is InChI=1S/C16H27NO4/c1-18-8-9-19-10-11-20-12-13-21-14-16-4-2-15(3-5-16)6-7-17/h2-5H,6-14,17H2,1H3. The minimum Gasteiger partial charge on any atom is -0.382 e. The summed E-state index contributed by atoms with van der Waals surface area (Å²) < 4.78 is 21.1. The van der Waals surface area contributed by atoms with Crippen LogP contribution in [0.1, 0.15) is 11.1 Å². The zero-order valence-corrected chi connectivity index (χ0v) is 12.9. The van der Waals surface area contributed by atoms with Crippen LogP contribution in [0.4, 0.5) is 0 Å².